The topological polar surface area (TPSA) is 72.6 Å². The van der Waals surface area contributed by atoms with E-state index in [-0.39, 0.29) is 12.5 Å². The van der Waals surface area contributed by atoms with Crippen molar-refractivity contribution in [2.24, 2.45) is 0 Å². The normalized spacial score (nSPS) is 10.2. The number of benzene rings is 1. The van der Waals surface area contributed by atoms with Crippen LogP contribution in [0.5, 0.6) is 5.75 Å². The first-order chi connectivity index (χ1) is 8.15. The van der Waals surface area contributed by atoms with Gasteiger partial charge in [-0.3, -0.25) is 0 Å². The summed E-state index contributed by atoms with van der Waals surface area (Å²) >= 11 is 3.32. The van der Waals surface area contributed by atoms with Crippen LogP contribution in [-0.2, 0) is 6.61 Å². The molecule has 6 heteroatoms. The van der Waals surface area contributed by atoms with E-state index < -0.39 is 5.97 Å². The molecule has 0 radical (unpaired) electrons. The maximum absolute atomic E-state index is 10.5. The summed E-state index contributed by atoms with van der Waals surface area (Å²) in [4.78, 5) is 14.1. The number of nitrogens with zero attached hydrogens (tertiary/aromatic N) is 1. The molecule has 0 fully saturated rings. The van der Waals surface area contributed by atoms with E-state index in [2.05, 4.69) is 20.9 Å². The minimum atomic E-state index is -1.20. The van der Waals surface area contributed by atoms with E-state index in [0.29, 0.717) is 11.5 Å². The van der Waals surface area contributed by atoms with Crippen molar-refractivity contribution in [3.05, 3.63) is 46.6 Å². The van der Waals surface area contributed by atoms with E-state index in [1.807, 2.05) is 12.1 Å². The Labute approximate surface area is 105 Å². The van der Waals surface area contributed by atoms with Gasteiger partial charge in [-0.05, 0) is 18.2 Å². The van der Waals surface area contributed by atoms with E-state index in [1.165, 1.54) is 6.20 Å². The molecule has 0 aliphatic carbocycles. The number of carboxylic acid groups (broad SMARTS) is 1. The van der Waals surface area contributed by atoms with Gasteiger partial charge in [-0.25, -0.2) is 9.78 Å². The molecule has 0 aliphatic rings. The van der Waals surface area contributed by atoms with Crippen molar-refractivity contribution < 1.29 is 19.1 Å². The van der Waals surface area contributed by atoms with Gasteiger partial charge in [0.15, 0.2) is 5.76 Å². The first-order valence-electron chi connectivity index (χ1n) is 4.71. The number of oxazole rings is 1. The fourth-order valence-electron chi connectivity index (χ4n) is 1.18. The molecule has 17 heavy (non-hydrogen) atoms. The van der Waals surface area contributed by atoms with E-state index in [1.54, 1.807) is 12.1 Å². The molecule has 1 aromatic carbocycles. The lowest BCUT2D eigenvalue weighted by Gasteiger charge is -2.03. The lowest BCUT2D eigenvalue weighted by Crippen LogP contribution is -1.96. The highest BCUT2D eigenvalue weighted by Gasteiger charge is 2.11. The molecule has 0 aliphatic heterocycles. The Hall–Kier alpha value is -1.82. The molecule has 2 rings (SSSR count). The highest BCUT2D eigenvalue weighted by Crippen LogP contribution is 2.19. The van der Waals surface area contributed by atoms with Crippen LogP contribution in [0.2, 0.25) is 0 Å². The number of hydrogen-bond acceptors (Lipinski definition) is 4. The lowest BCUT2D eigenvalue weighted by molar-refractivity contribution is 0.0649. The zero-order valence-corrected chi connectivity index (χ0v) is 10.2. The molecule has 0 bridgehead atoms. The molecule has 1 heterocycles. The van der Waals surface area contributed by atoms with Gasteiger partial charge in [0.05, 0.1) is 6.20 Å². The first-order valence-corrected chi connectivity index (χ1v) is 5.51. The Balaban J connectivity index is 2.00. The van der Waals surface area contributed by atoms with Gasteiger partial charge >= 0.3 is 11.9 Å². The number of carboxylic acids is 1. The molecule has 0 saturated carbocycles. The number of hydrogen-bond donors (Lipinski definition) is 1. The Morgan fingerprint density at radius 3 is 3.00 bits per heavy atom. The molecule has 1 N–H and O–H groups in total. The number of aromatic nitrogens is 1. The second kappa shape index (κ2) is 5.01. The van der Waals surface area contributed by atoms with Gasteiger partial charge in [0.2, 0.25) is 0 Å². The monoisotopic (exact) mass is 297 g/mol. The predicted octanol–water partition coefficient (Wildman–Crippen LogP) is 2.71. The summed E-state index contributed by atoms with van der Waals surface area (Å²) in [5.74, 6) is -0.508. The Morgan fingerprint density at radius 1 is 1.53 bits per heavy atom. The van der Waals surface area contributed by atoms with Gasteiger partial charge in [-0.1, -0.05) is 22.0 Å². The largest absolute Gasteiger partial charge is 0.486 e. The molecular weight excluding hydrogens is 290 g/mol. The summed E-state index contributed by atoms with van der Waals surface area (Å²) in [5, 5.41) is 8.62. The van der Waals surface area contributed by atoms with Crippen molar-refractivity contribution in [3.8, 4) is 5.75 Å². The summed E-state index contributed by atoms with van der Waals surface area (Å²) in [6, 6.07) is 7.31. The SMILES string of the molecule is O=C(O)c1ncc(COc2cccc(Br)c2)o1. The maximum Gasteiger partial charge on any atom is 0.392 e. The predicted molar refractivity (Wildman–Crippen MR) is 61.9 cm³/mol. The van der Waals surface area contributed by atoms with Crippen molar-refractivity contribution in [1.82, 2.24) is 4.98 Å². The molecule has 0 atom stereocenters. The first kappa shape index (κ1) is 11.7. The van der Waals surface area contributed by atoms with Crippen LogP contribution < -0.4 is 4.74 Å². The van der Waals surface area contributed by atoms with Crippen molar-refractivity contribution >= 4 is 21.9 Å². The fraction of sp³-hybridized carbons (Fsp3) is 0.0909. The quantitative estimate of drug-likeness (QED) is 0.939. The average Bonchev–Trinajstić information content (AvgIpc) is 2.75. The zero-order chi connectivity index (χ0) is 12.3. The third-order valence-corrected chi connectivity index (χ3v) is 2.41. The van der Waals surface area contributed by atoms with Gasteiger partial charge in [0.1, 0.15) is 12.4 Å². The molecule has 0 saturated heterocycles. The molecule has 0 unspecified atom stereocenters. The highest BCUT2D eigenvalue weighted by molar-refractivity contribution is 9.10. The number of carbonyl (C=O) groups is 1. The van der Waals surface area contributed by atoms with Crippen LogP contribution in [-0.4, -0.2) is 16.1 Å². The Bertz CT molecular complexity index is 538. The number of aromatic carboxylic acids is 1. The van der Waals surface area contributed by atoms with Gasteiger partial charge in [0.25, 0.3) is 0 Å². The molecule has 88 valence electrons. The summed E-state index contributed by atoms with van der Waals surface area (Å²) in [5.41, 5.74) is 0. The van der Waals surface area contributed by atoms with Crippen LogP contribution in [0, 0.1) is 0 Å². The standard InChI is InChI=1S/C11H8BrNO4/c12-7-2-1-3-8(4-7)16-6-9-5-13-10(17-9)11(14)15/h1-5H,6H2,(H,14,15). The van der Waals surface area contributed by atoms with Crippen LogP contribution in [0.25, 0.3) is 0 Å². The van der Waals surface area contributed by atoms with Gasteiger partial charge in [0, 0.05) is 4.47 Å². The molecule has 2 aromatic rings. The zero-order valence-electron chi connectivity index (χ0n) is 8.59. The van der Waals surface area contributed by atoms with Gasteiger partial charge < -0.3 is 14.3 Å². The average molecular weight is 298 g/mol. The summed E-state index contributed by atoms with van der Waals surface area (Å²) < 4.78 is 11.3. The van der Waals surface area contributed by atoms with Crippen molar-refractivity contribution in [2.45, 2.75) is 6.61 Å². The van der Waals surface area contributed by atoms with Gasteiger partial charge in [-0.2, -0.15) is 0 Å². The van der Waals surface area contributed by atoms with Crippen LogP contribution in [0.4, 0.5) is 0 Å². The third-order valence-electron chi connectivity index (χ3n) is 1.91. The summed E-state index contributed by atoms with van der Waals surface area (Å²) in [6.07, 6.45) is 1.33. The molecular formula is C11H8BrNO4. The second-order valence-corrected chi connectivity index (χ2v) is 4.10. The van der Waals surface area contributed by atoms with Crippen molar-refractivity contribution in [3.63, 3.8) is 0 Å². The smallest absolute Gasteiger partial charge is 0.392 e. The minimum absolute atomic E-state index is 0.136. The molecule has 1 aromatic heterocycles. The molecule has 0 spiro atoms. The number of halogens is 1. The lowest BCUT2D eigenvalue weighted by atomic mass is 10.3. The maximum atomic E-state index is 10.5. The minimum Gasteiger partial charge on any atom is -0.486 e. The van der Waals surface area contributed by atoms with Crippen molar-refractivity contribution in [1.29, 1.82) is 0 Å². The number of rotatable bonds is 4. The number of ether oxygens (including phenoxy) is 1. The summed E-state index contributed by atoms with van der Waals surface area (Å²) in [7, 11) is 0. The fourth-order valence-corrected chi connectivity index (χ4v) is 1.56. The van der Waals surface area contributed by atoms with Crippen LogP contribution >= 0.6 is 15.9 Å². The third kappa shape index (κ3) is 3.07. The van der Waals surface area contributed by atoms with Crippen LogP contribution in [0.1, 0.15) is 16.4 Å². The van der Waals surface area contributed by atoms with E-state index in [9.17, 15) is 4.79 Å². The molecule has 0 amide bonds. The van der Waals surface area contributed by atoms with Crippen LogP contribution in [0.15, 0.2) is 39.4 Å². The second-order valence-electron chi connectivity index (χ2n) is 3.18. The van der Waals surface area contributed by atoms with Gasteiger partial charge in [-0.15, -0.1) is 0 Å². The Kier molecular flexibility index (Phi) is 3.43. The van der Waals surface area contributed by atoms with E-state index in [0.717, 1.165) is 4.47 Å². The van der Waals surface area contributed by atoms with Crippen molar-refractivity contribution in [2.75, 3.05) is 0 Å². The summed E-state index contributed by atoms with van der Waals surface area (Å²) in [6.45, 7) is 0.136. The van der Waals surface area contributed by atoms with E-state index >= 15 is 0 Å². The Morgan fingerprint density at radius 2 is 2.35 bits per heavy atom. The highest BCUT2D eigenvalue weighted by atomic mass is 79.9. The molecule has 5 nitrogen and oxygen atoms in total. The van der Waals surface area contributed by atoms with E-state index in [4.69, 9.17) is 14.3 Å². The van der Waals surface area contributed by atoms with Crippen LogP contribution in [0.3, 0.4) is 0 Å².